The Morgan fingerprint density at radius 1 is 1.17 bits per heavy atom. The van der Waals surface area contributed by atoms with Gasteiger partial charge >= 0.3 is 0 Å². The molecule has 3 nitrogen and oxygen atoms in total. The maximum atomic E-state index is 12.0. The first-order valence-electron chi connectivity index (χ1n) is 6.90. The standard InChI is InChI=1S/C17H13ClN2OS2/c18-13-7-4-8-14(9-13)19-16(21)11-23-17-20-15(10-22-17)12-5-2-1-3-6-12/h1-10H,11H2,(H,19,21). The van der Waals surface area contributed by atoms with Crippen molar-refractivity contribution in [1.82, 2.24) is 4.98 Å². The van der Waals surface area contributed by atoms with Crippen LogP contribution in [0.15, 0.2) is 64.3 Å². The maximum absolute atomic E-state index is 12.0. The molecular weight excluding hydrogens is 348 g/mol. The molecule has 1 N–H and O–H groups in total. The first kappa shape index (κ1) is 16.1. The quantitative estimate of drug-likeness (QED) is 0.636. The lowest BCUT2D eigenvalue weighted by Crippen LogP contribution is -2.13. The van der Waals surface area contributed by atoms with Crippen LogP contribution < -0.4 is 5.32 Å². The first-order chi connectivity index (χ1) is 11.2. The summed E-state index contributed by atoms with van der Waals surface area (Å²) in [5.41, 5.74) is 2.72. The summed E-state index contributed by atoms with van der Waals surface area (Å²) >= 11 is 8.87. The van der Waals surface area contributed by atoms with Crippen LogP contribution in [0.5, 0.6) is 0 Å². The minimum Gasteiger partial charge on any atom is -0.325 e. The van der Waals surface area contributed by atoms with E-state index in [0.29, 0.717) is 16.5 Å². The predicted molar refractivity (Wildman–Crippen MR) is 98.4 cm³/mol. The average Bonchev–Trinajstić information content (AvgIpc) is 3.03. The highest BCUT2D eigenvalue weighted by molar-refractivity contribution is 8.01. The molecule has 0 bridgehead atoms. The number of carbonyl (C=O) groups is 1. The molecule has 1 heterocycles. The van der Waals surface area contributed by atoms with E-state index in [2.05, 4.69) is 10.3 Å². The van der Waals surface area contributed by atoms with Crippen LogP contribution in [0.2, 0.25) is 5.02 Å². The Labute approximate surface area is 147 Å². The van der Waals surface area contributed by atoms with Crippen molar-refractivity contribution >= 4 is 46.3 Å². The number of thioether (sulfide) groups is 1. The van der Waals surface area contributed by atoms with Gasteiger partial charge in [0.15, 0.2) is 4.34 Å². The van der Waals surface area contributed by atoms with Gasteiger partial charge in [0.1, 0.15) is 0 Å². The number of benzene rings is 2. The molecule has 23 heavy (non-hydrogen) atoms. The van der Waals surface area contributed by atoms with Crippen molar-refractivity contribution in [2.24, 2.45) is 0 Å². The molecule has 0 atom stereocenters. The van der Waals surface area contributed by atoms with E-state index in [1.807, 2.05) is 41.8 Å². The third-order valence-corrected chi connectivity index (χ3v) is 5.24. The molecule has 3 rings (SSSR count). The smallest absolute Gasteiger partial charge is 0.234 e. The molecule has 0 aliphatic carbocycles. The molecule has 0 fully saturated rings. The van der Waals surface area contributed by atoms with E-state index < -0.39 is 0 Å². The van der Waals surface area contributed by atoms with Gasteiger partial charge in [-0.25, -0.2) is 4.98 Å². The highest BCUT2D eigenvalue weighted by Crippen LogP contribution is 2.28. The van der Waals surface area contributed by atoms with Gasteiger partial charge in [0, 0.05) is 21.7 Å². The van der Waals surface area contributed by atoms with Gasteiger partial charge in [-0.05, 0) is 18.2 Å². The molecule has 0 aliphatic heterocycles. The lowest BCUT2D eigenvalue weighted by Gasteiger charge is -2.04. The summed E-state index contributed by atoms with van der Waals surface area (Å²) in [6, 6.07) is 17.1. The summed E-state index contributed by atoms with van der Waals surface area (Å²) in [5.74, 6) is 0.238. The Morgan fingerprint density at radius 2 is 2.00 bits per heavy atom. The highest BCUT2D eigenvalue weighted by Gasteiger charge is 2.08. The molecule has 0 aliphatic rings. The average molecular weight is 361 g/mol. The van der Waals surface area contributed by atoms with Crippen molar-refractivity contribution in [3.8, 4) is 11.3 Å². The zero-order valence-corrected chi connectivity index (χ0v) is 14.4. The molecule has 0 saturated carbocycles. The lowest BCUT2D eigenvalue weighted by molar-refractivity contribution is -0.113. The Hall–Kier alpha value is -1.82. The minimum absolute atomic E-state index is 0.0753. The number of nitrogens with zero attached hydrogens (tertiary/aromatic N) is 1. The van der Waals surface area contributed by atoms with Crippen LogP contribution >= 0.6 is 34.7 Å². The van der Waals surface area contributed by atoms with E-state index >= 15 is 0 Å². The van der Waals surface area contributed by atoms with Gasteiger partial charge in [-0.2, -0.15) is 0 Å². The molecule has 1 amide bonds. The molecule has 0 unspecified atom stereocenters. The fraction of sp³-hybridized carbons (Fsp3) is 0.0588. The molecule has 116 valence electrons. The fourth-order valence-electron chi connectivity index (χ4n) is 1.96. The van der Waals surface area contributed by atoms with E-state index in [0.717, 1.165) is 15.6 Å². The Balaban J connectivity index is 1.56. The summed E-state index contributed by atoms with van der Waals surface area (Å²) in [6.45, 7) is 0. The van der Waals surface area contributed by atoms with Gasteiger partial charge in [0.25, 0.3) is 0 Å². The molecule has 1 aromatic heterocycles. The lowest BCUT2D eigenvalue weighted by atomic mass is 10.2. The maximum Gasteiger partial charge on any atom is 0.234 e. The molecule has 0 radical (unpaired) electrons. The van der Waals surface area contributed by atoms with Crippen molar-refractivity contribution in [3.63, 3.8) is 0 Å². The second kappa shape index (κ2) is 7.64. The summed E-state index contributed by atoms with van der Waals surface area (Å²) < 4.78 is 0.880. The fourth-order valence-corrected chi connectivity index (χ4v) is 3.78. The van der Waals surface area contributed by atoms with E-state index in [-0.39, 0.29) is 5.91 Å². The topological polar surface area (TPSA) is 42.0 Å². The van der Waals surface area contributed by atoms with E-state index in [4.69, 9.17) is 11.6 Å². The van der Waals surface area contributed by atoms with Crippen LogP contribution in [-0.2, 0) is 4.79 Å². The van der Waals surface area contributed by atoms with Crippen molar-refractivity contribution in [3.05, 3.63) is 65.0 Å². The highest BCUT2D eigenvalue weighted by atomic mass is 35.5. The van der Waals surface area contributed by atoms with Crippen LogP contribution in [0.25, 0.3) is 11.3 Å². The van der Waals surface area contributed by atoms with Gasteiger partial charge in [-0.15, -0.1) is 11.3 Å². The number of amides is 1. The van der Waals surface area contributed by atoms with Crippen molar-refractivity contribution in [2.75, 3.05) is 11.1 Å². The number of nitrogens with one attached hydrogen (secondary N) is 1. The summed E-state index contributed by atoms with van der Waals surface area (Å²) in [4.78, 5) is 16.5. The number of hydrogen-bond acceptors (Lipinski definition) is 4. The minimum atomic E-state index is -0.0753. The van der Waals surface area contributed by atoms with Crippen LogP contribution in [0.3, 0.4) is 0 Å². The van der Waals surface area contributed by atoms with Gasteiger partial charge in [0.05, 0.1) is 11.4 Å². The van der Waals surface area contributed by atoms with Crippen molar-refractivity contribution < 1.29 is 4.79 Å². The third-order valence-electron chi connectivity index (χ3n) is 2.99. The molecular formula is C17H13ClN2OS2. The van der Waals surface area contributed by atoms with Gasteiger partial charge in [0.2, 0.25) is 5.91 Å². The number of carbonyl (C=O) groups excluding carboxylic acids is 1. The zero-order valence-electron chi connectivity index (χ0n) is 12.0. The summed E-state index contributed by atoms with van der Waals surface area (Å²) in [6.07, 6.45) is 0. The van der Waals surface area contributed by atoms with E-state index in [1.165, 1.54) is 11.8 Å². The number of anilines is 1. The van der Waals surface area contributed by atoms with E-state index in [1.54, 1.807) is 29.5 Å². The second-order valence-corrected chi connectivity index (χ2v) is 7.23. The second-order valence-electron chi connectivity index (χ2n) is 4.71. The normalized spacial score (nSPS) is 10.5. The van der Waals surface area contributed by atoms with Gasteiger partial charge in [-0.3, -0.25) is 4.79 Å². The van der Waals surface area contributed by atoms with Crippen LogP contribution in [0.1, 0.15) is 0 Å². The zero-order chi connectivity index (χ0) is 16.1. The van der Waals surface area contributed by atoms with Crippen molar-refractivity contribution in [1.29, 1.82) is 0 Å². The first-order valence-corrected chi connectivity index (χ1v) is 9.14. The van der Waals surface area contributed by atoms with Crippen molar-refractivity contribution in [2.45, 2.75) is 4.34 Å². The SMILES string of the molecule is O=C(CSc1nc(-c2ccccc2)cs1)Nc1cccc(Cl)c1. The number of hydrogen-bond donors (Lipinski definition) is 1. The molecule has 0 spiro atoms. The molecule has 0 saturated heterocycles. The van der Waals surface area contributed by atoms with Gasteiger partial charge < -0.3 is 5.32 Å². The monoisotopic (exact) mass is 360 g/mol. The predicted octanol–water partition coefficient (Wildman–Crippen LogP) is 5.19. The van der Waals surface area contributed by atoms with Crippen LogP contribution in [0.4, 0.5) is 5.69 Å². The van der Waals surface area contributed by atoms with Crippen LogP contribution in [-0.4, -0.2) is 16.6 Å². The molecule has 3 aromatic rings. The Kier molecular flexibility index (Phi) is 5.33. The Bertz CT molecular complexity index is 805. The largest absolute Gasteiger partial charge is 0.325 e. The van der Waals surface area contributed by atoms with Crippen LogP contribution in [0, 0.1) is 0 Å². The molecule has 2 aromatic carbocycles. The number of halogens is 1. The molecule has 6 heteroatoms. The number of thiazole rings is 1. The van der Waals surface area contributed by atoms with Gasteiger partial charge in [-0.1, -0.05) is 59.8 Å². The summed E-state index contributed by atoms with van der Waals surface area (Å²) in [5, 5.41) is 5.43. The third kappa shape index (κ3) is 4.58. The van der Waals surface area contributed by atoms with E-state index in [9.17, 15) is 4.79 Å². The number of rotatable bonds is 5. The number of aromatic nitrogens is 1. The Morgan fingerprint density at radius 3 is 2.78 bits per heavy atom. The summed E-state index contributed by atoms with van der Waals surface area (Å²) in [7, 11) is 0.